The average molecular weight is 249 g/mol. The van der Waals surface area contributed by atoms with Crippen LogP contribution in [0.4, 0.5) is 17.3 Å². The number of hydrogen-bond donors (Lipinski definition) is 2. The van der Waals surface area contributed by atoms with Crippen LogP contribution in [0.1, 0.15) is 12.8 Å². The summed E-state index contributed by atoms with van der Waals surface area (Å²) >= 11 is 0. The molecule has 5 nitrogen and oxygen atoms in total. The zero-order valence-corrected chi connectivity index (χ0v) is 11.3. The highest BCUT2D eigenvalue weighted by molar-refractivity contribution is 5.62. The molecule has 0 saturated carbocycles. The Labute approximate surface area is 109 Å². The van der Waals surface area contributed by atoms with Crippen molar-refractivity contribution in [1.29, 1.82) is 0 Å². The lowest BCUT2D eigenvalue weighted by Crippen LogP contribution is -2.36. The zero-order chi connectivity index (χ0) is 13.1. The summed E-state index contributed by atoms with van der Waals surface area (Å²) in [5.41, 5.74) is 12.0. The van der Waals surface area contributed by atoms with E-state index in [9.17, 15) is 0 Å². The van der Waals surface area contributed by atoms with Crippen LogP contribution in [0.15, 0.2) is 12.1 Å². The van der Waals surface area contributed by atoms with Crippen LogP contribution in [0.2, 0.25) is 0 Å². The van der Waals surface area contributed by atoms with E-state index in [1.165, 1.54) is 25.9 Å². The van der Waals surface area contributed by atoms with E-state index < -0.39 is 0 Å². The van der Waals surface area contributed by atoms with Gasteiger partial charge in [0, 0.05) is 13.6 Å². The highest BCUT2D eigenvalue weighted by Crippen LogP contribution is 2.21. The molecule has 0 aromatic carbocycles. The molecule has 2 heterocycles. The molecule has 1 aromatic rings. The van der Waals surface area contributed by atoms with E-state index in [1.54, 1.807) is 0 Å². The number of rotatable bonds is 3. The second kappa shape index (κ2) is 5.44. The lowest BCUT2D eigenvalue weighted by molar-refractivity contribution is 0.222. The van der Waals surface area contributed by atoms with Crippen LogP contribution in [0.3, 0.4) is 0 Å². The lowest BCUT2D eigenvalue weighted by Gasteiger charge is -2.32. The summed E-state index contributed by atoms with van der Waals surface area (Å²) in [6, 6.07) is 3.75. The van der Waals surface area contributed by atoms with E-state index in [-0.39, 0.29) is 0 Å². The third-order valence-electron chi connectivity index (χ3n) is 3.70. The Morgan fingerprint density at radius 3 is 2.61 bits per heavy atom. The van der Waals surface area contributed by atoms with E-state index in [0.29, 0.717) is 11.5 Å². The van der Waals surface area contributed by atoms with Gasteiger partial charge in [-0.1, -0.05) is 0 Å². The number of hydrogen-bond acceptors (Lipinski definition) is 5. The van der Waals surface area contributed by atoms with Gasteiger partial charge in [-0.05, 0) is 51.0 Å². The topological polar surface area (TPSA) is 71.4 Å². The van der Waals surface area contributed by atoms with Crippen LogP contribution < -0.4 is 16.4 Å². The number of piperidine rings is 1. The van der Waals surface area contributed by atoms with Gasteiger partial charge in [-0.3, -0.25) is 0 Å². The van der Waals surface area contributed by atoms with E-state index in [0.717, 1.165) is 18.3 Å². The maximum absolute atomic E-state index is 5.74. The Morgan fingerprint density at radius 2 is 2.00 bits per heavy atom. The number of pyridine rings is 1. The Hall–Kier alpha value is -1.49. The maximum atomic E-state index is 5.74. The summed E-state index contributed by atoms with van der Waals surface area (Å²) in [7, 11) is 4.25. The highest BCUT2D eigenvalue weighted by Gasteiger charge is 2.18. The van der Waals surface area contributed by atoms with Gasteiger partial charge in [-0.15, -0.1) is 0 Å². The van der Waals surface area contributed by atoms with Crippen molar-refractivity contribution in [2.75, 3.05) is 50.1 Å². The SMILES string of the molecule is CN1CCC(CN(C)c2ccc(N)c(N)n2)CC1. The van der Waals surface area contributed by atoms with Gasteiger partial charge < -0.3 is 21.3 Å². The molecule has 0 spiro atoms. The normalized spacial score (nSPS) is 17.9. The summed E-state index contributed by atoms with van der Waals surface area (Å²) < 4.78 is 0. The van der Waals surface area contributed by atoms with Crippen molar-refractivity contribution in [1.82, 2.24) is 9.88 Å². The highest BCUT2D eigenvalue weighted by atomic mass is 15.2. The fourth-order valence-corrected chi connectivity index (χ4v) is 2.41. The molecular weight excluding hydrogens is 226 g/mol. The Morgan fingerprint density at radius 1 is 1.33 bits per heavy atom. The minimum absolute atomic E-state index is 0.419. The third kappa shape index (κ3) is 3.04. The number of anilines is 3. The summed E-state index contributed by atoms with van der Waals surface area (Å²) in [6.07, 6.45) is 2.51. The van der Waals surface area contributed by atoms with Gasteiger partial charge in [0.05, 0.1) is 5.69 Å². The van der Waals surface area contributed by atoms with E-state index in [4.69, 9.17) is 11.5 Å². The van der Waals surface area contributed by atoms with Gasteiger partial charge in [-0.25, -0.2) is 4.98 Å². The van der Waals surface area contributed by atoms with Gasteiger partial charge in [0.2, 0.25) is 0 Å². The standard InChI is InChI=1S/C13H23N5/c1-17-7-5-10(6-8-17)9-18(2)12-4-3-11(14)13(15)16-12/h3-4,10H,5-9,14H2,1-2H3,(H2,15,16). The molecule has 1 aromatic heterocycles. The molecule has 18 heavy (non-hydrogen) atoms. The number of likely N-dealkylation sites (tertiary alicyclic amines) is 1. The van der Waals surface area contributed by atoms with E-state index in [2.05, 4.69) is 28.9 Å². The largest absolute Gasteiger partial charge is 0.396 e. The lowest BCUT2D eigenvalue weighted by atomic mass is 9.97. The first kappa shape index (κ1) is 13.0. The Balaban J connectivity index is 1.94. The monoisotopic (exact) mass is 249 g/mol. The molecule has 0 unspecified atom stereocenters. The van der Waals surface area contributed by atoms with Crippen LogP contribution in [-0.2, 0) is 0 Å². The maximum Gasteiger partial charge on any atom is 0.149 e. The van der Waals surface area contributed by atoms with Crippen molar-refractivity contribution < 1.29 is 0 Å². The van der Waals surface area contributed by atoms with Crippen molar-refractivity contribution >= 4 is 17.3 Å². The fourth-order valence-electron chi connectivity index (χ4n) is 2.41. The summed E-state index contributed by atoms with van der Waals surface area (Å²) in [5, 5.41) is 0. The third-order valence-corrected chi connectivity index (χ3v) is 3.70. The summed E-state index contributed by atoms with van der Waals surface area (Å²) in [4.78, 5) is 8.88. The zero-order valence-electron chi connectivity index (χ0n) is 11.3. The number of aromatic nitrogens is 1. The van der Waals surface area contributed by atoms with Crippen LogP contribution >= 0.6 is 0 Å². The van der Waals surface area contributed by atoms with Crippen molar-refractivity contribution in [3.63, 3.8) is 0 Å². The summed E-state index contributed by atoms with van der Waals surface area (Å²) in [5.74, 6) is 2.06. The van der Waals surface area contributed by atoms with Crippen LogP contribution in [-0.4, -0.2) is 43.6 Å². The van der Waals surface area contributed by atoms with Crippen molar-refractivity contribution in [2.24, 2.45) is 5.92 Å². The van der Waals surface area contributed by atoms with Crippen molar-refractivity contribution in [3.8, 4) is 0 Å². The van der Waals surface area contributed by atoms with Gasteiger partial charge in [0.1, 0.15) is 11.6 Å². The molecule has 100 valence electrons. The first-order valence-electron chi connectivity index (χ1n) is 6.48. The molecule has 1 aliphatic heterocycles. The Kier molecular flexibility index (Phi) is 3.91. The molecule has 0 aliphatic carbocycles. The Bertz CT molecular complexity index is 398. The van der Waals surface area contributed by atoms with Crippen LogP contribution in [0.5, 0.6) is 0 Å². The van der Waals surface area contributed by atoms with Crippen LogP contribution in [0, 0.1) is 5.92 Å². The van der Waals surface area contributed by atoms with Crippen LogP contribution in [0.25, 0.3) is 0 Å². The predicted octanol–water partition coefficient (Wildman–Crippen LogP) is 1.02. The van der Waals surface area contributed by atoms with Gasteiger partial charge in [0.25, 0.3) is 0 Å². The fraction of sp³-hybridized carbons (Fsp3) is 0.615. The molecule has 4 N–H and O–H groups in total. The molecule has 0 radical (unpaired) electrons. The summed E-state index contributed by atoms with van der Waals surface area (Å²) in [6.45, 7) is 3.41. The number of nitrogens with two attached hydrogens (primary N) is 2. The number of nitrogens with zero attached hydrogens (tertiary/aromatic N) is 3. The number of nitrogen functional groups attached to an aromatic ring is 2. The molecular formula is C13H23N5. The molecule has 2 rings (SSSR count). The second-order valence-electron chi connectivity index (χ2n) is 5.27. The minimum atomic E-state index is 0.419. The molecule has 0 atom stereocenters. The molecule has 1 aliphatic rings. The smallest absolute Gasteiger partial charge is 0.149 e. The van der Waals surface area contributed by atoms with Crippen molar-refractivity contribution in [2.45, 2.75) is 12.8 Å². The minimum Gasteiger partial charge on any atom is -0.396 e. The quantitative estimate of drug-likeness (QED) is 0.837. The first-order valence-corrected chi connectivity index (χ1v) is 6.48. The molecule has 5 heteroatoms. The van der Waals surface area contributed by atoms with E-state index >= 15 is 0 Å². The van der Waals surface area contributed by atoms with Gasteiger partial charge >= 0.3 is 0 Å². The van der Waals surface area contributed by atoms with Gasteiger partial charge in [0.15, 0.2) is 0 Å². The van der Waals surface area contributed by atoms with E-state index in [1.807, 2.05) is 12.1 Å². The van der Waals surface area contributed by atoms with Crippen molar-refractivity contribution in [3.05, 3.63) is 12.1 Å². The molecule has 0 amide bonds. The molecule has 0 bridgehead atoms. The second-order valence-corrected chi connectivity index (χ2v) is 5.27. The average Bonchev–Trinajstić information content (AvgIpc) is 2.35. The predicted molar refractivity (Wildman–Crippen MR) is 76.6 cm³/mol. The first-order chi connectivity index (χ1) is 8.56. The molecule has 1 saturated heterocycles. The van der Waals surface area contributed by atoms with Gasteiger partial charge in [-0.2, -0.15) is 0 Å². The molecule has 1 fully saturated rings.